The first kappa shape index (κ1) is 8.24. The number of rotatable bonds is 2. The first-order valence-corrected chi connectivity index (χ1v) is 4.76. The Hall–Kier alpha value is 0.140. The second kappa shape index (κ2) is 3.51. The molecule has 0 aliphatic carbocycles. The van der Waals surface area contributed by atoms with Crippen LogP contribution in [0.15, 0.2) is 15.2 Å². The standard InChI is InChI=1S/C7H9BrOS/c1-5(9)2-6-3-7(8)10-4-6/h3-5,9H,2H2,1H3. The molecule has 3 heteroatoms. The van der Waals surface area contributed by atoms with Gasteiger partial charge in [0.05, 0.1) is 9.89 Å². The molecule has 0 fully saturated rings. The second-order valence-electron chi connectivity index (χ2n) is 2.31. The van der Waals surface area contributed by atoms with Crippen LogP contribution in [0.2, 0.25) is 0 Å². The lowest BCUT2D eigenvalue weighted by atomic mass is 10.2. The summed E-state index contributed by atoms with van der Waals surface area (Å²) in [4.78, 5) is 0. The fourth-order valence-electron chi connectivity index (χ4n) is 0.794. The minimum atomic E-state index is -0.235. The Balaban J connectivity index is 2.58. The number of thiophene rings is 1. The SMILES string of the molecule is CC(O)Cc1csc(Br)c1. The minimum Gasteiger partial charge on any atom is -0.393 e. The summed E-state index contributed by atoms with van der Waals surface area (Å²) in [5.74, 6) is 0. The van der Waals surface area contributed by atoms with Gasteiger partial charge in [0, 0.05) is 0 Å². The van der Waals surface area contributed by atoms with E-state index in [0.717, 1.165) is 10.2 Å². The van der Waals surface area contributed by atoms with Crippen molar-refractivity contribution in [3.63, 3.8) is 0 Å². The van der Waals surface area contributed by atoms with E-state index in [-0.39, 0.29) is 6.10 Å². The largest absolute Gasteiger partial charge is 0.393 e. The van der Waals surface area contributed by atoms with E-state index in [9.17, 15) is 0 Å². The summed E-state index contributed by atoms with van der Waals surface area (Å²) in [5.41, 5.74) is 1.20. The van der Waals surface area contributed by atoms with Gasteiger partial charge in [-0.05, 0) is 46.3 Å². The molecule has 0 spiro atoms. The quantitative estimate of drug-likeness (QED) is 0.813. The van der Waals surface area contributed by atoms with Crippen molar-refractivity contribution in [3.8, 4) is 0 Å². The van der Waals surface area contributed by atoms with Gasteiger partial charge < -0.3 is 5.11 Å². The zero-order valence-electron chi connectivity index (χ0n) is 5.67. The molecule has 0 aromatic carbocycles. The van der Waals surface area contributed by atoms with Gasteiger partial charge in [0.1, 0.15) is 0 Å². The highest BCUT2D eigenvalue weighted by molar-refractivity contribution is 9.11. The van der Waals surface area contributed by atoms with Crippen LogP contribution in [-0.4, -0.2) is 11.2 Å². The Kier molecular flexibility index (Phi) is 2.89. The van der Waals surface area contributed by atoms with Gasteiger partial charge in [-0.1, -0.05) is 0 Å². The molecule has 1 atom stereocenters. The van der Waals surface area contributed by atoms with Crippen molar-refractivity contribution in [2.45, 2.75) is 19.4 Å². The molecular weight excluding hydrogens is 212 g/mol. The molecule has 1 aromatic heterocycles. The summed E-state index contributed by atoms with van der Waals surface area (Å²) in [7, 11) is 0. The molecule has 1 heterocycles. The number of halogens is 1. The molecule has 1 N–H and O–H groups in total. The summed E-state index contributed by atoms with van der Waals surface area (Å²) < 4.78 is 1.13. The van der Waals surface area contributed by atoms with E-state index in [1.807, 2.05) is 6.07 Å². The molecule has 1 unspecified atom stereocenters. The monoisotopic (exact) mass is 220 g/mol. The fraction of sp³-hybridized carbons (Fsp3) is 0.429. The molecule has 1 nitrogen and oxygen atoms in total. The topological polar surface area (TPSA) is 20.2 Å². The highest BCUT2D eigenvalue weighted by Gasteiger charge is 2.00. The Morgan fingerprint density at radius 2 is 2.50 bits per heavy atom. The molecule has 0 aliphatic heterocycles. The molecule has 10 heavy (non-hydrogen) atoms. The first-order chi connectivity index (χ1) is 4.68. The predicted molar refractivity (Wildman–Crippen MR) is 47.4 cm³/mol. The van der Waals surface area contributed by atoms with Gasteiger partial charge in [-0.2, -0.15) is 0 Å². The first-order valence-electron chi connectivity index (χ1n) is 3.09. The maximum Gasteiger partial charge on any atom is 0.0701 e. The van der Waals surface area contributed by atoms with E-state index in [4.69, 9.17) is 5.11 Å². The smallest absolute Gasteiger partial charge is 0.0701 e. The second-order valence-corrected chi connectivity index (χ2v) is 4.60. The van der Waals surface area contributed by atoms with Gasteiger partial charge in [0.15, 0.2) is 0 Å². The average Bonchev–Trinajstić information content (AvgIpc) is 2.13. The summed E-state index contributed by atoms with van der Waals surface area (Å²) in [6, 6.07) is 2.04. The van der Waals surface area contributed by atoms with Crippen LogP contribution in [0.4, 0.5) is 0 Å². The van der Waals surface area contributed by atoms with E-state index in [2.05, 4.69) is 21.3 Å². The summed E-state index contributed by atoms with van der Waals surface area (Å²) >= 11 is 5.01. The van der Waals surface area contributed by atoms with Crippen LogP contribution in [-0.2, 0) is 6.42 Å². The van der Waals surface area contributed by atoms with Gasteiger partial charge in [-0.3, -0.25) is 0 Å². The highest BCUT2D eigenvalue weighted by atomic mass is 79.9. The van der Waals surface area contributed by atoms with Crippen molar-refractivity contribution in [3.05, 3.63) is 20.8 Å². The molecular formula is C7H9BrOS. The fourth-order valence-corrected chi connectivity index (χ4v) is 2.02. The van der Waals surface area contributed by atoms with Crippen LogP contribution in [0.3, 0.4) is 0 Å². The van der Waals surface area contributed by atoms with Crippen molar-refractivity contribution in [2.24, 2.45) is 0 Å². The summed E-state index contributed by atoms with van der Waals surface area (Å²) in [6.07, 6.45) is 0.517. The average molecular weight is 221 g/mol. The van der Waals surface area contributed by atoms with Gasteiger partial charge in [0.25, 0.3) is 0 Å². The predicted octanol–water partition coefficient (Wildman–Crippen LogP) is 2.43. The van der Waals surface area contributed by atoms with Crippen LogP contribution in [0.5, 0.6) is 0 Å². The number of aliphatic hydroxyl groups is 1. The Morgan fingerprint density at radius 3 is 2.90 bits per heavy atom. The van der Waals surface area contributed by atoms with Gasteiger partial charge in [-0.15, -0.1) is 11.3 Å². The third-order valence-corrected chi connectivity index (χ3v) is 2.71. The number of hydrogen-bond acceptors (Lipinski definition) is 2. The lowest BCUT2D eigenvalue weighted by Crippen LogP contribution is -2.02. The van der Waals surface area contributed by atoms with Crippen molar-refractivity contribution in [1.82, 2.24) is 0 Å². The maximum absolute atomic E-state index is 9.00. The van der Waals surface area contributed by atoms with Crippen molar-refractivity contribution >= 4 is 27.3 Å². The van der Waals surface area contributed by atoms with Gasteiger partial charge >= 0.3 is 0 Å². The number of aliphatic hydroxyl groups excluding tert-OH is 1. The van der Waals surface area contributed by atoms with Crippen molar-refractivity contribution in [1.29, 1.82) is 0 Å². The van der Waals surface area contributed by atoms with Crippen molar-refractivity contribution < 1.29 is 5.11 Å². The zero-order valence-corrected chi connectivity index (χ0v) is 8.08. The third kappa shape index (κ3) is 2.40. The highest BCUT2D eigenvalue weighted by Crippen LogP contribution is 2.21. The minimum absolute atomic E-state index is 0.235. The summed E-state index contributed by atoms with van der Waals surface area (Å²) in [5, 5.41) is 11.1. The molecule has 1 aromatic rings. The van der Waals surface area contributed by atoms with E-state index < -0.39 is 0 Å². The van der Waals surface area contributed by atoms with Gasteiger partial charge in [-0.25, -0.2) is 0 Å². The van der Waals surface area contributed by atoms with Crippen LogP contribution in [0.1, 0.15) is 12.5 Å². The Labute approximate surface area is 72.8 Å². The van der Waals surface area contributed by atoms with Crippen molar-refractivity contribution in [2.75, 3.05) is 0 Å². The molecule has 0 bridgehead atoms. The van der Waals surface area contributed by atoms with Crippen LogP contribution in [0, 0.1) is 0 Å². The third-order valence-electron chi connectivity index (χ3n) is 1.15. The molecule has 0 amide bonds. The molecule has 0 saturated heterocycles. The Bertz CT molecular complexity index is 207. The van der Waals surface area contributed by atoms with Crippen LogP contribution < -0.4 is 0 Å². The molecule has 0 aliphatic rings. The normalized spacial score (nSPS) is 13.5. The van der Waals surface area contributed by atoms with Gasteiger partial charge in [0.2, 0.25) is 0 Å². The Morgan fingerprint density at radius 1 is 1.80 bits per heavy atom. The summed E-state index contributed by atoms with van der Waals surface area (Å²) in [6.45, 7) is 1.80. The lowest BCUT2D eigenvalue weighted by molar-refractivity contribution is 0.195. The van der Waals surface area contributed by atoms with E-state index in [0.29, 0.717) is 0 Å². The molecule has 1 rings (SSSR count). The van der Waals surface area contributed by atoms with E-state index in [1.54, 1.807) is 18.3 Å². The maximum atomic E-state index is 9.00. The zero-order chi connectivity index (χ0) is 7.56. The number of hydrogen-bond donors (Lipinski definition) is 1. The molecule has 56 valence electrons. The molecule has 0 radical (unpaired) electrons. The van der Waals surface area contributed by atoms with E-state index >= 15 is 0 Å². The van der Waals surface area contributed by atoms with Crippen LogP contribution >= 0.6 is 27.3 Å². The van der Waals surface area contributed by atoms with E-state index in [1.165, 1.54) is 5.56 Å². The molecule has 0 saturated carbocycles. The lowest BCUT2D eigenvalue weighted by Gasteiger charge is -1.98. The van der Waals surface area contributed by atoms with Crippen LogP contribution in [0.25, 0.3) is 0 Å².